The fraction of sp³-hybridized carbons (Fsp3) is 0.333. The van der Waals surface area contributed by atoms with Crippen molar-refractivity contribution in [2.45, 2.75) is 39.2 Å². The second-order valence-corrected chi connectivity index (χ2v) is 9.23. The van der Waals surface area contributed by atoms with Crippen LogP contribution < -0.4 is 20.5 Å². The van der Waals surface area contributed by atoms with Crippen molar-refractivity contribution in [2.75, 3.05) is 19.5 Å². The van der Waals surface area contributed by atoms with Crippen molar-refractivity contribution >= 4 is 17.5 Å². The molecule has 10 heteroatoms. The van der Waals surface area contributed by atoms with Gasteiger partial charge in [-0.1, -0.05) is 18.9 Å². The molecule has 1 saturated carbocycles. The normalized spacial score (nSPS) is 13.7. The van der Waals surface area contributed by atoms with Gasteiger partial charge in [-0.3, -0.25) is 4.79 Å². The maximum Gasteiger partial charge on any atom is 0.257 e. The summed E-state index contributed by atoms with van der Waals surface area (Å²) in [5.41, 5.74) is 8.99. The van der Waals surface area contributed by atoms with Crippen molar-refractivity contribution in [2.24, 2.45) is 5.92 Å². The molecule has 0 atom stereocenters. The van der Waals surface area contributed by atoms with Gasteiger partial charge in [0.1, 0.15) is 17.1 Å². The number of fused-ring (bicyclic) bond motifs is 1. The third kappa shape index (κ3) is 5.18. The lowest BCUT2D eigenvalue weighted by Gasteiger charge is -2.16. The van der Waals surface area contributed by atoms with E-state index in [0.717, 1.165) is 24.0 Å². The van der Waals surface area contributed by atoms with Crippen molar-refractivity contribution < 1.29 is 18.7 Å². The highest BCUT2D eigenvalue weighted by atomic mass is 19.1. The maximum absolute atomic E-state index is 14.7. The summed E-state index contributed by atoms with van der Waals surface area (Å²) in [6.07, 6.45) is 6.40. The number of hydrogen-bond acceptors (Lipinski definition) is 7. The summed E-state index contributed by atoms with van der Waals surface area (Å²) in [5.74, 6) is 0.408. The summed E-state index contributed by atoms with van der Waals surface area (Å²) in [6, 6.07) is 10.1. The molecule has 1 aromatic carbocycles. The predicted molar refractivity (Wildman–Crippen MR) is 137 cm³/mol. The lowest BCUT2D eigenvalue weighted by molar-refractivity contribution is 0.0946. The lowest BCUT2D eigenvalue weighted by atomic mass is 10.0. The number of aromatic nitrogens is 4. The number of hydrogen-bond donors (Lipinski definition) is 2. The fourth-order valence-corrected chi connectivity index (χ4v) is 4.75. The standard InChI is InChI=1S/C27H29FN6O3/c1-16-19(18-10-11-34-24(12-18)32-27(29)33-34)13-20(26(31-16)36-2)25(35)30-14-21-22(28)8-5-9-23(21)37-15-17-6-3-4-7-17/h5,8-13,17H,3-4,6-7,14-15H2,1-2H3,(H2,29,33)(H,30,35). The largest absolute Gasteiger partial charge is 0.493 e. The number of benzene rings is 1. The number of methoxy groups -OCH3 is 1. The Morgan fingerprint density at radius 2 is 2.03 bits per heavy atom. The van der Waals surface area contributed by atoms with Gasteiger partial charge in [0.05, 0.1) is 13.7 Å². The molecule has 1 aliphatic rings. The molecule has 0 unspecified atom stereocenters. The number of anilines is 1. The average molecular weight is 505 g/mol. The molecule has 1 fully saturated rings. The molecule has 192 valence electrons. The minimum absolute atomic E-state index is 0.0388. The first-order valence-corrected chi connectivity index (χ1v) is 12.3. The molecule has 9 nitrogen and oxygen atoms in total. The van der Waals surface area contributed by atoms with E-state index in [-0.39, 0.29) is 23.9 Å². The van der Waals surface area contributed by atoms with Crippen LogP contribution in [0.1, 0.15) is 47.3 Å². The van der Waals surface area contributed by atoms with E-state index >= 15 is 0 Å². The molecule has 0 radical (unpaired) electrons. The van der Waals surface area contributed by atoms with Crippen LogP contribution in [0.2, 0.25) is 0 Å². The number of amides is 1. The van der Waals surface area contributed by atoms with Crippen molar-refractivity contribution in [3.05, 3.63) is 65.2 Å². The molecular weight excluding hydrogens is 475 g/mol. The summed E-state index contributed by atoms with van der Waals surface area (Å²) < 4.78 is 27.7. The Morgan fingerprint density at radius 3 is 2.81 bits per heavy atom. The number of nitrogens with zero attached hydrogens (tertiary/aromatic N) is 4. The summed E-state index contributed by atoms with van der Waals surface area (Å²) in [4.78, 5) is 21.9. The molecule has 0 saturated heterocycles. The van der Waals surface area contributed by atoms with E-state index in [1.54, 1.807) is 28.9 Å². The Hall–Kier alpha value is -4.21. The van der Waals surface area contributed by atoms with Crippen molar-refractivity contribution in [1.29, 1.82) is 0 Å². The van der Waals surface area contributed by atoms with Gasteiger partial charge < -0.3 is 20.5 Å². The number of nitrogen functional groups attached to an aromatic ring is 1. The van der Waals surface area contributed by atoms with Crippen molar-refractivity contribution in [3.63, 3.8) is 0 Å². The first kappa shape index (κ1) is 24.5. The van der Waals surface area contributed by atoms with Crippen LogP contribution in [-0.2, 0) is 6.54 Å². The van der Waals surface area contributed by atoms with Crippen molar-refractivity contribution in [1.82, 2.24) is 24.9 Å². The maximum atomic E-state index is 14.7. The number of carbonyl (C=O) groups excluding carboxylic acids is 1. The fourth-order valence-electron chi connectivity index (χ4n) is 4.75. The highest BCUT2D eigenvalue weighted by Crippen LogP contribution is 2.30. The van der Waals surface area contributed by atoms with Crippen LogP contribution in [0.5, 0.6) is 11.6 Å². The van der Waals surface area contributed by atoms with E-state index in [1.807, 2.05) is 19.1 Å². The molecule has 3 heterocycles. The topological polar surface area (TPSA) is 117 Å². The number of carbonyl (C=O) groups is 1. The summed E-state index contributed by atoms with van der Waals surface area (Å²) in [7, 11) is 1.45. The number of halogens is 1. The smallest absolute Gasteiger partial charge is 0.257 e. The highest BCUT2D eigenvalue weighted by Gasteiger charge is 2.21. The number of aryl methyl sites for hydroxylation is 1. The van der Waals surface area contributed by atoms with E-state index in [0.29, 0.717) is 35.2 Å². The number of nitrogens with two attached hydrogens (primary N) is 1. The molecule has 0 spiro atoms. The van der Waals surface area contributed by atoms with E-state index in [9.17, 15) is 9.18 Å². The summed E-state index contributed by atoms with van der Waals surface area (Å²) in [6.45, 7) is 2.34. The van der Waals surface area contributed by atoms with E-state index in [4.69, 9.17) is 15.2 Å². The van der Waals surface area contributed by atoms with E-state index in [2.05, 4.69) is 20.4 Å². The second kappa shape index (κ2) is 10.4. The van der Waals surface area contributed by atoms with Crippen LogP contribution >= 0.6 is 0 Å². The van der Waals surface area contributed by atoms with Crippen molar-refractivity contribution in [3.8, 4) is 22.8 Å². The van der Waals surface area contributed by atoms with Gasteiger partial charge in [-0.25, -0.2) is 13.9 Å². The number of nitrogens with one attached hydrogen (secondary N) is 1. The van der Waals surface area contributed by atoms with Crippen LogP contribution in [0, 0.1) is 18.7 Å². The van der Waals surface area contributed by atoms with Crippen LogP contribution in [0.25, 0.3) is 16.8 Å². The van der Waals surface area contributed by atoms with Gasteiger partial charge in [0.2, 0.25) is 11.8 Å². The highest BCUT2D eigenvalue weighted by molar-refractivity contribution is 5.97. The minimum atomic E-state index is -0.441. The zero-order valence-electron chi connectivity index (χ0n) is 20.8. The minimum Gasteiger partial charge on any atom is -0.493 e. The number of pyridine rings is 2. The van der Waals surface area contributed by atoms with Crippen LogP contribution in [0.15, 0.2) is 42.6 Å². The lowest BCUT2D eigenvalue weighted by Crippen LogP contribution is -2.25. The first-order valence-electron chi connectivity index (χ1n) is 12.3. The SMILES string of the molecule is COc1nc(C)c(-c2ccn3nc(N)nc3c2)cc1C(=O)NCc1c(F)cccc1OCC1CCCC1. The number of ether oxygens (including phenoxy) is 2. The molecule has 3 aromatic heterocycles. The Kier molecular flexibility index (Phi) is 6.89. The zero-order valence-corrected chi connectivity index (χ0v) is 20.8. The number of rotatable bonds is 8. The van der Waals surface area contributed by atoms with Gasteiger partial charge >= 0.3 is 0 Å². The van der Waals surface area contributed by atoms with Gasteiger partial charge in [0, 0.05) is 29.6 Å². The monoisotopic (exact) mass is 504 g/mol. The molecule has 5 rings (SSSR count). The second-order valence-electron chi connectivity index (χ2n) is 9.23. The molecular formula is C27H29FN6O3. The molecule has 1 aliphatic carbocycles. The molecule has 3 N–H and O–H groups in total. The average Bonchev–Trinajstić information content (AvgIpc) is 3.54. The van der Waals surface area contributed by atoms with Crippen LogP contribution in [-0.4, -0.2) is 39.2 Å². The Balaban J connectivity index is 1.38. The van der Waals surface area contributed by atoms with Crippen LogP contribution in [0.4, 0.5) is 10.3 Å². The molecule has 1 amide bonds. The van der Waals surface area contributed by atoms with Gasteiger partial charge in [0.15, 0.2) is 5.65 Å². The van der Waals surface area contributed by atoms with E-state index < -0.39 is 11.7 Å². The van der Waals surface area contributed by atoms with Crippen LogP contribution in [0.3, 0.4) is 0 Å². The Labute approximate surface area is 213 Å². The summed E-state index contributed by atoms with van der Waals surface area (Å²) >= 11 is 0. The Morgan fingerprint density at radius 1 is 1.22 bits per heavy atom. The third-order valence-electron chi connectivity index (χ3n) is 6.73. The zero-order chi connectivity index (χ0) is 25.9. The molecule has 4 aromatic rings. The molecule has 0 bridgehead atoms. The quantitative estimate of drug-likeness (QED) is 0.367. The van der Waals surface area contributed by atoms with E-state index in [1.165, 1.54) is 26.0 Å². The third-order valence-corrected chi connectivity index (χ3v) is 6.73. The van der Waals surface area contributed by atoms with Gasteiger partial charge in [-0.05, 0) is 61.6 Å². The first-order chi connectivity index (χ1) is 17.9. The molecule has 0 aliphatic heterocycles. The predicted octanol–water partition coefficient (Wildman–Crippen LogP) is 4.33. The van der Waals surface area contributed by atoms with Gasteiger partial charge in [-0.2, -0.15) is 4.98 Å². The molecule has 37 heavy (non-hydrogen) atoms. The van der Waals surface area contributed by atoms with Gasteiger partial charge in [-0.15, -0.1) is 5.10 Å². The van der Waals surface area contributed by atoms with Gasteiger partial charge in [0.25, 0.3) is 5.91 Å². The Bertz CT molecular complexity index is 1450. The summed E-state index contributed by atoms with van der Waals surface area (Å²) in [5, 5.41) is 6.90.